The molecule has 0 unspecified atom stereocenters. The molecule has 28 heavy (non-hydrogen) atoms. The van der Waals surface area contributed by atoms with Crippen molar-refractivity contribution in [2.45, 2.75) is 26.3 Å². The Labute approximate surface area is 168 Å². The van der Waals surface area contributed by atoms with E-state index in [1.165, 1.54) is 17.0 Å². The number of halogens is 2. The van der Waals surface area contributed by atoms with E-state index in [1.807, 2.05) is 0 Å². The number of carbonyl (C=O) groups is 3. The van der Waals surface area contributed by atoms with Crippen molar-refractivity contribution in [1.29, 1.82) is 0 Å². The van der Waals surface area contributed by atoms with Gasteiger partial charge in [0.15, 0.2) is 5.78 Å². The summed E-state index contributed by atoms with van der Waals surface area (Å²) in [5.41, 5.74) is 1.26. The minimum Gasteiger partial charge on any atom is -0.350 e. The lowest BCUT2D eigenvalue weighted by molar-refractivity contribution is -0.135. The van der Waals surface area contributed by atoms with Crippen LogP contribution in [0.5, 0.6) is 0 Å². The van der Waals surface area contributed by atoms with Crippen molar-refractivity contribution < 1.29 is 18.8 Å². The van der Waals surface area contributed by atoms with Crippen molar-refractivity contribution in [2.24, 2.45) is 0 Å². The Hall–Kier alpha value is -2.73. The molecule has 0 saturated heterocycles. The van der Waals surface area contributed by atoms with Gasteiger partial charge in [-0.15, -0.1) is 0 Å². The van der Waals surface area contributed by atoms with Gasteiger partial charge in [0.1, 0.15) is 5.82 Å². The molecule has 2 aromatic carbocycles. The van der Waals surface area contributed by atoms with Crippen LogP contribution in [-0.2, 0) is 16.1 Å². The zero-order valence-corrected chi connectivity index (χ0v) is 16.3. The summed E-state index contributed by atoms with van der Waals surface area (Å²) >= 11 is 5.80. The van der Waals surface area contributed by atoms with Gasteiger partial charge in [0.25, 0.3) is 0 Å². The molecular weight excluding hydrogens is 383 g/mol. The van der Waals surface area contributed by atoms with E-state index in [1.54, 1.807) is 43.3 Å². The number of carbonyl (C=O) groups excluding carboxylic acids is 3. The summed E-state index contributed by atoms with van der Waals surface area (Å²) in [4.78, 5) is 38.0. The number of hydrogen-bond donors (Lipinski definition) is 1. The quantitative estimate of drug-likeness (QED) is 0.649. The van der Waals surface area contributed by atoms with E-state index < -0.39 is 0 Å². The molecule has 148 valence electrons. The molecule has 5 nitrogen and oxygen atoms in total. The molecule has 0 aromatic heterocycles. The van der Waals surface area contributed by atoms with Crippen molar-refractivity contribution in [1.82, 2.24) is 10.2 Å². The first-order valence-electron chi connectivity index (χ1n) is 8.96. The second-order valence-electron chi connectivity index (χ2n) is 6.24. The first-order valence-corrected chi connectivity index (χ1v) is 9.34. The molecule has 0 aliphatic rings. The smallest absolute Gasteiger partial charge is 0.239 e. The predicted octanol–water partition coefficient (Wildman–Crippen LogP) is 3.61. The normalized spacial score (nSPS) is 10.4. The minimum absolute atomic E-state index is 0.0283. The highest BCUT2D eigenvalue weighted by Gasteiger charge is 2.17. The summed E-state index contributed by atoms with van der Waals surface area (Å²) < 4.78 is 12.9. The van der Waals surface area contributed by atoms with Crippen LogP contribution in [0.2, 0.25) is 5.02 Å². The lowest BCUT2D eigenvalue weighted by Crippen LogP contribution is -2.40. The van der Waals surface area contributed by atoms with E-state index in [-0.39, 0.29) is 49.3 Å². The summed E-state index contributed by atoms with van der Waals surface area (Å²) in [6.07, 6.45) is 0.0920. The van der Waals surface area contributed by atoms with E-state index in [2.05, 4.69) is 5.32 Å². The van der Waals surface area contributed by atoms with Crippen molar-refractivity contribution >= 4 is 29.2 Å². The van der Waals surface area contributed by atoms with Crippen LogP contribution in [0.15, 0.2) is 48.5 Å². The molecule has 0 aliphatic heterocycles. The first kappa shape index (κ1) is 21.6. The molecule has 0 fully saturated rings. The van der Waals surface area contributed by atoms with E-state index >= 15 is 0 Å². The standard InChI is InChI=1S/C21H22ClFN2O3/c1-2-25(14-20(27)24-13-15-3-9-18(23)10-4-15)21(28)12-11-19(26)16-5-7-17(22)8-6-16/h3-10H,2,11-14H2,1H3,(H,24,27). The molecule has 0 spiro atoms. The highest BCUT2D eigenvalue weighted by atomic mass is 35.5. The summed E-state index contributed by atoms with van der Waals surface area (Å²) in [6.45, 7) is 2.29. The maximum absolute atomic E-state index is 12.9. The molecule has 2 amide bonds. The Kier molecular flexibility index (Phi) is 8.14. The topological polar surface area (TPSA) is 66.5 Å². The van der Waals surface area contributed by atoms with Gasteiger partial charge in [-0.05, 0) is 48.9 Å². The van der Waals surface area contributed by atoms with Crippen molar-refractivity contribution in [2.75, 3.05) is 13.1 Å². The number of Topliss-reactive ketones (excluding diaryl/α,β-unsaturated/α-hetero) is 1. The van der Waals surface area contributed by atoms with E-state index in [4.69, 9.17) is 11.6 Å². The SMILES string of the molecule is CCN(CC(=O)NCc1ccc(F)cc1)C(=O)CCC(=O)c1ccc(Cl)cc1. The van der Waals surface area contributed by atoms with Gasteiger partial charge in [0, 0.05) is 36.5 Å². The zero-order chi connectivity index (χ0) is 20.5. The Bertz CT molecular complexity index is 823. The molecule has 1 N–H and O–H groups in total. The number of rotatable bonds is 9. The van der Waals surface area contributed by atoms with Crippen LogP contribution in [-0.4, -0.2) is 35.6 Å². The Balaban J connectivity index is 1.79. The van der Waals surface area contributed by atoms with Crippen LogP contribution in [0.25, 0.3) is 0 Å². The van der Waals surface area contributed by atoms with Gasteiger partial charge < -0.3 is 10.2 Å². The number of likely N-dealkylation sites (N-methyl/N-ethyl adjacent to an activating group) is 1. The summed E-state index contributed by atoms with van der Waals surface area (Å²) in [5.74, 6) is -1.07. The third kappa shape index (κ3) is 6.78. The summed E-state index contributed by atoms with van der Waals surface area (Å²) in [6, 6.07) is 12.3. The monoisotopic (exact) mass is 404 g/mol. The molecule has 7 heteroatoms. The van der Waals surface area contributed by atoms with Crippen LogP contribution in [0.4, 0.5) is 4.39 Å². The molecule has 2 rings (SSSR count). The van der Waals surface area contributed by atoms with Gasteiger partial charge in [-0.3, -0.25) is 14.4 Å². The van der Waals surface area contributed by atoms with Crippen LogP contribution in [0.1, 0.15) is 35.7 Å². The van der Waals surface area contributed by atoms with Crippen molar-refractivity contribution in [3.05, 3.63) is 70.5 Å². The van der Waals surface area contributed by atoms with Crippen LogP contribution in [0, 0.1) is 5.82 Å². The fourth-order valence-corrected chi connectivity index (χ4v) is 2.69. The number of benzene rings is 2. The lowest BCUT2D eigenvalue weighted by atomic mass is 10.1. The highest BCUT2D eigenvalue weighted by Crippen LogP contribution is 2.12. The molecule has 0 radical (unpaired) electrons. The highest BCUT2D eigenvalue weighted by molar-refractivity contribution is 6.30. The first-order chi connectivity index (χ1) is 13.4. The zero-order valence-electron chi connectivity index (χ0n) is 15.6. The van der Waals surface area contributed by atoms with E-state index in [0.717, 1.165) is 5.56 Å². The molecule has 2 aromatic rings. The van der Waals surface area contributed by atoms with Gasteiger partial charge >= 0.3 is 0 Å². The fourth-order valence-electron chi connectivity index (χ4n) is 2.57. The summed E-state index contributed by atoms with van der Waals surface area (Å²) in [7, 11) is 0. The van der Waals surface area contributed by atoms with Crippen molar-refractivity contribution in [3.63, 3.8) is 0 Å². The second kappa shape index (κ2) is 10.6. The van der Waals surface area contributed by atoms with Crippen molar-refractivity contribution in [3.8, 4) is 0 Å². The molecule has 0 saturated carbocycles. The van der Waals surface area contributed by atoms with Gasteiger partial charge in [-0.1, -0.05) is 23.7 Å². The Morgan fingerprint density at radius 3 is 2.25 bits per heavy atom. The third-order valence-corrected chi connectivity index (χ3v) is 4.46. The van der Waals surface area contributed by atoms with Crippen LogP contribution >= 0.6 is 11.6 Å². The van der Waals surface area contributed by atoms with Gasteiger partial charge in [-0.2, -0.15) is 0 Å². The van der Waals surface area contributed by atoms with Gasteiger partial charge in [0.2, 0.25) is 11.8 Å². The molecule has 0 bridgehead atoms. The minimum atomic E-state index is -0.342. The maximum Gasteiger partial charge on any atom is 0.239 e. The van der Waals surface area contributed by atoms with Crippen LogP contribution in [0.3, 0.4) is 0 Å². The van der Waals surface area contributed by atoms with E-state index in [0.29, 0.717) is 17.1 Å². The Morgan fingerprint density at radius 1 is 1.00 bits per heavy atom. The fraction of sp³-hybridized carbons (Fsp3) is 0.286. The predicted molar refractivity (Wildman–Crippen MR) is 106 cm³/mol. The number of hydrogen-bond acceptors (Lipinski definition) is 3. The van der Waals surface area contributed by atoms with Gasteiger partial charge in [-0.25, -0.2) is 4.39 Å². The Morgan fingerprint density at radius 2 is 1.64 bits per heavy atom. The van der Waals surface area contributed by atoms with E-state index in [9.17, 15) is 18.8 Å². The largest absolute Gasteiger partial charge is 0.350 e. The molecule has 0 heterocycles. The number of amides is 2. The lowest BCUT2D eigenvalue weighted by Gasteiger charge is -2.20. The average Bonchev–Trinajstić information content (AvgIpc) is 2.70. The third-order valence-electron chi connectivity index (χ3n) is 4.20. The maximum atomic E-state index is 12.9. The second-order valence-corrected chi connectivity index (χ2v) is 6.68. The van der Waals surface area contributed by atoms with Gasteiger partial charge in [0.05, 0.1) is 6.54 Å². The average molecular weight is 405 g/mol. The molecular formula is C21H22ClFN2O3. The number of nitrogens with zero attached hydrogens (tertiary/aromatic N) is 1. The van der Waals surface area contributed by atoms with Crippen LogP contribution < -0.4 is 5.32 Å². The number of ketones is 1. The molecule has 0 aliphatic carbocycles. The summed E-state index contributed by atoms with van der Waals surface area (Å²) in [5, 5.41) is 3.24. The number of nitrogens with one attached hydrogen (secondary N) is 1. The molecule has 0 atom stereocenters.